The molecule has 0 saturated heterocycles. The minimum Gasteiger partial charge on any atom is -0.492 e. The number of hydrogen-bond acceptors (Lipinski definition) is 3. The third kappa shape index (κ3) is 3.06. The molecule has 0 bridgehead atoms. The van der Waals surface area contributed by atoms with E-state index in [1.165, 1.54) is 12.1 Å². The summed E-state index contributed by atoms with van der Waals surface area (Å²) >= 11 is 0. The van der Waals surface area contributed by atoms with E-state index < -0.39 is 5.97 Å². The van der Waals surface area contributed by atoms with Gasteiger partial charge in [-0.2, -0.15) is 0 Å². The first-order valence-corrected chi connectivity index (χ1v) is 4.35. The van der Waals surface area contributed by atoms with Gasteiger partial charge >= 0.3 is 5.97 Å². The number of hydrogen-bond donors (Lipinski definition) is 2. The smallest absolute Gasteiger partial charge is 0.335 e. The number of ether oxygens (including phenoxy) is 1. The predicted molar refractivity (Wildman–Crippen MR) is 52.8 cm³/mol. The molecule has 0 fully saturated rings. The van der Waals surface area contributed by atoms with Crippen molar-refractivity contribution in [3.05, 3.63) is 29.8 Å². The van der Waals surface area contributed by atoms with Crippen LogP contribution < -0.4 is 10.1 Å². The van der Waals surface area contributed by atoms with Gasteiger partial charge in [-0.25, -0.2) is 4.79 Å². The summed E-state index contributed by atoms with van der Waals surface area (Å²) in [6, 6.07) is 6.35. The normalized spacial score (nSPS) is 9.79. The average molecular weight is 195 g/mol. The molecule has 4 nitrogen and oxygen atoms in total. The molecule has 2 N–H and O–H groups in total. The molecule has 14 heavy (non-hydrogen) atoms. The lowest BCUT2D eigenvalue weighted by Gasteiger charge is -2.05. The van der Waals surface area contributed by atoms with Crippen LogP contribution in [0.4, 0.5) is 0 Å². The van der Waals surface area contributed by atoms with E-state index in [2.05, 4.69) is 5.32 Å². The van der Waals surface area contributed by atoms with Crippen LogP contribution in [0.15, 0.2) is 24.3 Å². The van der Waals surface area contributed by atoms with Gasteiger partial charge in [0.05, 0.1) is 5.56 Å². The van der Waals surface area contributed by atoms with Gasteiger partial charge in [0.25, 0.3) is 0 Å². The molecule has 1 aromatic carbocycles. The minimum atomic E-state index is -0.924. The minimum absolute atomic E-state index is 0.269. The summed E-state index contributed by atoms with van der Waals surface area (Å²) < 4.78 is 5.33. The summed E-state index contributed by atoms with van der Waals surface area (Å²) in [4.78, 5) is 10.5. The van der Waals surface area contributed by atoms with Gasteiger partial charge < -0.3 is 15.2 Å². The Balaban J connectivity index is 2.51. The van der Waals surface area contributed by atoms with Crippen molar-refractivity contribution in [1.82, 2.24) is 5.32 Å². The number of nitrogens with one attached hydrogen (secondary N) is 1. The Labute approximate surface area is 82.5 Å². The highest BCUT2D eigenvalue weighted by Gasteiger charge is 2.01. The van der Waals surface area contributed by atoms with Crippen molar-refractivity contribution < 1.29 is 14.6 Å². The third-order valence-corrected chi connectivity index (χ3v) is 1.72. The summed E-state index contributed by atoms with van der Waals surface area (Å²) in [6.07, 6.45) is 0. The lowest BCUT2D eigenvalue weighted by atomic mass is 10.2. The topological polar surface area (TPSA) is 58.6 Å². The molecule has 0 aliphatic carbocycles. The zero-order valence-corrected chi connectivity index (χ0v) is 7.99. The monoisotopic (exact) mass is 195 g/mol. The summed E-state index contributed by atoms with van der Waals surface area (Å²) in [6.45, 7) is 1.34. The van der Waals surface area contributed by atoms with Crippen LogP contribution in [0.2, 0.25) is 0 Å². The molecule has 4 heteroatoms. The molecule has 0 radical (unpaired) electrons. The van der Waals surface area contributed by atoms with Crippen LogP contribution in [0.25, 0.3) is 0 Å². The largest absolute Gasteiger partial charge is 0.492 e. The Morgan fingerprint density at radius 3 is 2.57 bits per heavy atom. The maximum atomic E-state index is 10.5. The molecule has 0 aromatic heterocycles. The maximum absolute atomic E-state index is 10.5. The molecular weight excluding hydrogens is 182 g/mol. The van der Waals surface area contributed by atoms with Crippen molar-refractivity contribution in [1.29, 1.82) is 0 Å². The molecule has 1 aromatic rings. The highest BCUT2D eigenvalue weighted by Crippen LogP contribution is 2.11. The summed E-state index contributed by atoms with van der Waals surface area (Å²) in [5.74, 6) is -0.239. The third-order valence-electron chi connectivity index (χ3n) is 1.72. The van der Waals surface area contributed by atoms with Crippen molar-refractivity contribution >= 4 is 5.97 Å². The molecule has 0 amide bonds. The first kappa shape index (κ1) is 10.5. The van der Waals surface area contributed by atoms with E-state index in [4.69, 9.17) is 9.84 Å². The number of likely N-dealkylation sites (N-methyl/N-ethyl adjacent to an activating group) is 1. The van der Waals surface area contributed by atoms with E-state index in [0.29, 0.717) is 12.4 Å². The maximum Gasteiger partial charge on any atom is 0.335 e. The Hall–Kier alpha value is -1.55. The van der Waals surface area contributed by atoms with Crippen molar-refractivity contribution in [2.75, 3.05) is 20.2 Å². The Morgan fingerprint density at radius 2 is 2.07 bits per heavy atom. The molecular formula is C10H13NO3. The Morgan fingerprint density at radius 1 is 1.43 bits per heavy atom. The number of carboxylic acid groups (broad SMARTS) is 1. The zero-order valence-electron chi connectivity index (χ0n) is 7.99. The standard InChI is InChI=1S/C10H13NO3/c1-11-6-7-14-9-4-2-8(3-5-9)10(12)13/h2-5,11H,6-7H2,1H3,(H,12,13). The van der Waals surface area contributed by atoms with Crippen LogP contribution in [0.3, 0.4) is 0 Å². The molecule has 0 aliphatic heterocycles. The first-order chi connectivity index (χ1) is 6.74. The summed E-state index contributed by atoms with van der Waals surface area (Å²) in [5, 5.41) is 11.6. The highest BCUT2D eigenvalue weighted by molar-refractivity contribution is 5.87. The number of benzene rings is 1. The molecule has 0 aliphatic rings. The van der Waals surface area contributed by atoms with Gasteiger partial charge in [-0.05, 0) is 31.3 Å². The number of rotatable bonds is 5. The number of aromatic carboxylic acids is 1. The zero-order chi connectivity index (χ0) is 10.4. The Bertz CT molecular complexity index is 295. The van der Waals surface area contributed by atoms with Crippen LogP contribution in [-0.2, 0) is 0 Å². The molecule has 0 atom stereocenters. The fraction of sp³-hybridized carbons (Fsp3) is 0.300. The van der Waals surface area contributed by atoms with Gasteiger partial charge in [-0.1, -0.05) is 0 Å². The molecule has 0 unspecified atom stereocenters. The van der Waals surface area contributed by atoms with E-state index in [0.717, 1.165) is 6.54 Å². The summed E-state index contributed by atoms with van der Waals surface area (Å²) in [7, 11) is 1.84. The quantitative estimate of drug-likeness (QED) is 0.688. The number of carbonyl (C=O) groups is 1. The average Bonchev–Trinajstić information content (AvgIpc) is 2.19. The predicted octanol–water partition coefficient (Wildman–Crippen LogP) is 0.983. The molecule has 1 rings (SSSR count). The van der Waals surface area contributed by atoms with E-state index in [9.17, 15) is 4.79 Å². The molecule has 0 spiro atoms. The fourth-order valence-electron chi connectivity index (χ4n) is 0.965. The van der Waals surface area contributed by atoms with Crippen LogP contribution in [0, 0.1) is 0 Å². The van der Waals surface area contributed by atoms with E-state index in [-0.39, 0.29) is 5.56 Å². The van der Waals surface area contributed by atoms with Gasteiger partial charge in [-0.15, -0.1) is 0 Å². The molecule has 0 heterocycles. The SMILES string of the molecule is CNCCOc1ccc(C(=O)O)cc1. The first-order valence-electron chi connectivity index (χ1n) is 4.35. The van der Waals surface area contributed by atoms with Gasteiger partial charge in [0, 0.05) is 6.54 Å². The van der Waals surface area contributed by atoms with Crippen LogP contribution in [-0.4, -0.2) is 31.3 Å². The highest BCUT2D eigenvalue weighted by atomic mass is 16.5. The van der Waals surface area contributed by atoms with E-state index in [1.807, 2.05) is 7.05 Å². The van der Waals surface area contributed by atoms with E-state index >= 15 is 0 Å². The number of carboxylic acids is 1. The van der Waals surface area contributed by atoms with Gasteiger partial charge in [0.2, 0.25) is 0 Å². The summed E-state index contributed by atoms with van der Waals surface area (Å²) in [5.41, 5.74) is 0.269. The van der Waals surface area contributed by atoms with Crippen molar-refractivity contribution in [2.24, 2.45) is 0 Å². The molecule has 0 saturated carbocycles. The van der Waals surface area contributed by atoms with Crippen molar-refractivity contribution in [3.63, 3.8) is 0 Å². The fourth-order valence-corrected chi connectivity index (χ4v) is 0.965. The lowest BCUT2D eigenvalue weighted by Crippen LogP contribution is -2.15. The van der Waals surface area contributed by atoms with Gasteiger partial charge in [-0.3, -0.25) is 0 Å². The van der Waals surface area contributed by atoms with Crippen LogP contribution in [0.5, 0.6) is 5.75 Å². The van der Waals surface area contributed by atoms with Crippen LogP contribution in [0.1, 0.15) is 10.4 Å². The van der Waals surface area contributed by atoms with Crippen LogP contribution >= 0.6 is 0 Å². The van der Waals surface area contributed by atoms with Crippen molar-refractivity contribution in [2.45, 2.75) is 0 Å². The van der Waals surface area contributed by atoms with Gasteiger partial charge in [0.15, 0.2) is 0 Å². The Kier molecular flexibility index (Phi) is 3.94. The second-order valence-corrected chi connectivity index (χ2v) is 2.78. The second-order valence-electron chi connectivity index (χ2n) is 2.78. The lowest BCUT2D eigenvalue weighted by molar-refractivity contribution is 0.0697. The van der Waals surface area contributed by atoms with Gasteiger partial charge in [0.1, 0.15) is 12.4 Å². The van der Waals surface area contributed by atoms with E-state index in [1.54, 1.807) is 12.1 Å². The van der Waals surface area contributed by atoms with Crippen molar-refractivity contribution in [3.8, 4) is 5.75 Å². The molecule has 76 valence electrons. The second kappa shape index (κ2) is 5.24.